The van der Waals surface area contributed by atoms with Crippen LogP contribution in [0.2, 0.25) is 0 Å². The van der Waals surface area contributed by atoms with Crippen molar-refractivity contribution in [3.05, 3.63) is 50.2 Å². The Morgan fingerprint density at radius 3 is 2.68 bits per heavy atom. The van der Waals surface area contributed by atoms with Crippen LogP contribution in [0.15, 0.2) is 38.4 Å². The average Bonchev–Trinajstić information content (AvgIpc) is 2.50. The first-order chi connectivity index (χ1) is 10.4. The molecule has 1 heterocycles. The summed E-state index contributed by atoms with van der Waals surface area (Å²) in [6.07, 6.45) is 2.72. The van der Waals surface area contributed by atoms with E-state index >= 15 is 0 Å². The molecular formula is C14H11Br2N3O3. The normalized spacial score (nSPS) is 10.9. The highest BCUT2D eigenvalue weighted by Crippen LogP contribution is 2.40. The second-order valence-electron chi connectivity index (χ2n) is 4.35. The number of carbonyl (C=O) groups excluding carboxylic acids is 1. The third-order valence-electron chi connectivity index (χ3n) is 2.74. The SMILES string of the molecule is Cc1ccc(C(=O)N/N=C/c2cc(Br)c(O)c(Br)c2O)cn1. The maximum absolute atomic E-state index is 11.8. The largest absolute Gasteiger partial charge is 0.506 e. The van der Waals surface area contributed by atoms with E-state index in [0.717, 1.165) is 5.69 Å². The number of aromatic hydroxyl groups is 2. The van der Waals surface area contributed by atoms with Gasteiger partial charge >= 0.3 is 0 Å². The number of hydrogen-bond donors (Lipinski definition) is 3. The molecule has 0 atom stereocenters. The molecule has 0 aliphatic rings. The van der Waals surface area contributed by atoms with Crippen LogP contribution >= 0.6 is 31.9 Å². The summed E-state index contributed by atoms with van der Waals surface area (Å²) in [6.45, 7) is 1.82. The van der Waals surface area contributed by atoms with Crippen molar-refractivity contribution in [2.45, 2.75) is 6.92 Å². The number of pyridine rings is 1. The molecule has 0 aliphatic carbocycles. The Balaban J connectivity index is 2.13. The van der Waals surface area contributed by atoms with Crippen molar-refractivity contribution in [1.29, 1.82) is 0 Å². The Kier molecular flexibility index (Phi) is 5.15. The summed E-state index contributed by atoms with van der Waals surface area (Å²) in [7, 11) is 0. The molecule has 0 unspecified atom stereocenters. The standard InChI is InChI=1S/C14H11Br2N3O3/c1-7-2-3-8(5-17-7)14(22)19-18-6-9-4-10(15)13(21)11(16)12(9)20/h2-6,20-21H,1H3,(H,19,22)/b18-6+. The molecule has 0 saturated heterocycles. The molecule has 114 valence electrons. The highest BCUT2D eigenvalue weighted by Gasteiger charge is 2.13. The van der Waals surface area contributed by atoms with E-state index in [1.165, 1.54) is 18.5 Å². The van der Waals surface area contributed by atoms with Gasteiger partial charge in [-0.25, -0.2) is 5.43 Å². The number of phenols is 2. The predicted octanol–water partition coefficient (Wildman–Crippen LogP) is 3.09. The average molecular weight is 429 g/mol. The fraction of sp³-hybridized carbons (Fsp3) is 0.0714. The van der Waals surface area contributed by atoms with Crippen LogP contribution in [0.1, 0.15) is 21.6 Å². The second kappa shape index (κ2) is 6.89. The Morgan fingerprint density at radius 1 is 1.32 bits per heavy atom. The van der Waals surface area contributed by atoms with E-state index in [1.54, 1.807) is 12.1 Å². The summed E-state index contributed by atoms with van der Waals surface area (Å²) in [5.41, 5.74) is 3.84. The quantitative estimate of drug-likeness (QED) is 0.517. The number of benzene rings is 1. The van der Waals surface area contributed by atoms with Gasteiger partial charge in [0.15, 0.2) is 0 Å². The molecule has 22 heavy (non-hydrogen) atoms. The van der Waals surface area contributed by atoms with Crippen LogP contribution in [0, 0.1) is 6.92 Å². The number of phenolic OH excluding ortho intramolecular Hbond substituents is 2. The number of rotatable bonds is 3. The molecule has 0 fully saturated rings. The number of nitrogens with one attached hydrogen (secondary N) is 1. The third-order valence-corrected chi connectivity index (χ3v) is 4.10. The van der Waals surface area contributed by atoms with Gasteiger partial charge in [-0.15, -0.1) is 0 Å². The van der Waals surface area contributed by atoms with Gasteiger partial charge in [-0.05, 0) is 57.0 Å². The number of amides is 1. The molecular weight excluding hydrogens is 418 g/mol. The van der Waals surface area contributed by atoms with Crippen molar-refractivity contribution in [2.75, 3.05) is 0 Å². The summed E-state index contributed by atoms with van der Waals surface area (Å²) in [6, 6.07) is 4.83. The number of hydrogen-bond acceptors (Lipinski definition) is 5. The van der Waals surface area contributed by atoms with E-state index in [2.05, 4.69) is 47.4 Å². The van der Waals surface area contributed by atoms with Gasteiger partial charge in [-0.2, -0.15) is 5.10 Å². The summed E-state index contributed by atoms with van der Waals surface area (Å²) < 4.78 is 0.519. The minimum atomic E-state index is -0.417. The molecule has 2 aromatic rings. The van der Waals surface area contributed by atoms with Crippen LogP contribution in [-0.4, -0.2) is 27.3 Å². The number of nitrogens with zero attached hydrogens (tertiary/aromatic N) is 2. The lowest BCUT2D eigenvalue weighted by atomic mass is 10.2. The smallest absolute Gasteiger partial charge is 0.272 e. The first-order valence-corrected chi connectivity index (χ1v) is 7.64. The van der Waals surface area contributed by atoms with Gasteiger partial charge in [-0.1, -0.05) is 0 Å². The van der Waals surface area contributed by atoms with Crippen molar-refractivity contribution >= 4 is 44.0 Å². The number of carbonyl (C=O) groups is 1. The van der Waals surface area contributed by atoms with Gasteiger partial charge in [0.05, 0.1) is 16.3 Å². The van der Waals surface area contributed by atoms with Crippen LogP contribution in [0.3, 0.4) is 0 Å². The van der Waals surface area contributed by atoms with E-state index in [9.17, 15) is 15.0 Å². The second-order valence-corrected chi connectivity index (χ2v) is 5.99. The Hall–Kier alpha value is -1.93. The fourth-order valence-corrected chi connectivity index (χ4v) is 2.70. The molecule has 1 amide bonds. The Bertz CT molecular complexity index is 746. The maximum atomic E-state index is 11.8. The first kappa shape index (κ1) is 16.4. The molecule has 8 heteroatoms. The van der Waals surface area contributed by atoms with E-state index in [4.69, 9.17) is 0 Å². The highest BCUT2D eigenvalue weighted by atomic mass is 79.9. The summed E-state index contributed by atoms with van der Waals surface area (Å²) in [5.74, 6) is -0.722. The van der Waals surface area contributed by atoms with E-state index in [-0.39, 0.29) is 16.0 Å². The van der Waals surface area contributed by atoms with Gasteiger partial charge in [0.2, 0.25) is 0 Å². The number of aromatic nitrogens is 1. The topological polar surface area (TPSA) is 94.8 Å². The van der Waals surface area contributed by atoms with E-state index < -0.39 is 5.91 Å². The van der Waals surface area contributed by atoms with Crippen LogP contribution in [0.4, 0.5) is 0 Å². The first-order valence-electron chi connectivity index (χ1n) is 6.06. The zero-order valence-corrected chi connectivity index (χ0v) is 14.5. The van der Waals surface area contributed by atoms with Crippen LogP contribution < -0.4 is 5.43 Å². The number of aryl methyl sites for hydroxylation is 1. The van der Waals surface area contributed by atoms with Gasteiger partial charge in [0, 0.05) is 17.5 Å². The lowest BCUT2D eigenvalue weighted by molar-refractivity contribution is 0.0954. The summed E-state index contributed by atoms with van der Waals surface area (Å²) >= 11 is 6.20. The van der Waals surface area contributed by atoms with Crippen LogP contribution in [-0.2, 0) is 0 Å². The molecule has 0 aliphatic heterocycles. The molecule has 1 aromatic heterocycles. The maximum Gasteiger partial charge on any atom is 0.272 e. The molecule has 0 radical (unpaired) electrons. The van der Waals surface area contributed by atoms with Gasteiger partial charge in [0.25, 0.3) is 5.91 Å². The molecule has 2 rings (SSSR count). The zero-order chi connectivity index (χ0) is 16.3. The lowest BCUT2D eigenvalue weighted by Gasteiger charge is -2.06. The Morgan fingerprint density at radius 2 is 2.05 bits per heavy atom. The molecule has 0 saturated carbocycles. The molecule has 1 aromatic carbocycles. The monoisotopic (exact) mass is 427 g/mol. The molecule has 6 nitrogen and oxygen atoms in total. The molecule has 0 bridgehead atoms. The van der Waals surface area contributed by atoms with Crippen LogP contribution in [0.5, 0.6) is 11.5 Å². The molecule has 3 N–H and O–H groups in total. The summed E-state index contributed by atoms with van der Waals surface area (Å²) in [5, 5.41) is 23.3. The predicted molar refractivity (Wildman–Crippen MR) is 89.2 cm³/mol. The van der Waals surface area contributed by atoms with Crippen molar-refractivity contribution in [1.82, 2.24) is 10.4 Å². The van der Waals surface area contributed by atoms with E-state index in [0.29, 0.717) is 15.6 Å². The zero-order valence-electron chi connectivity index (χ0n) is 11.3. The fourth-order valence-electron chi connectivity index (χ4n) is 1.54. The lowest BCUT2D eigenvalue weighted by Crippen LogP contribution is -2.17. The highest BCUT2D eigenvalue weighted by molar-refractivity contribution is 9.11. The Labute approximate surface area is 143 Å². The third kappa shape index (κ3) is 3.63. The molecule has 0 spiro atoms. The minimum Gasteiger partial charge on any atom is -0.506 e. The summed E-state index contributed by atoms with van der Waals surface area (Å²) in [4.78, 5) is 15.9. The van der Waals surface area contributed by atoms with Crippen molar-refractivity contribution in [3.8, 4) is 11.5 Å². The van der Waals surface area contributed by atoms with Crippen molar-refractivity contribution in [2.24, 2.45) is 5.10 Å². The number of halogens is 2. The van der Waals surface area contributed by atoms with Crippen molar-refractivity contribution < 1.29 is 15.0 Å². The van der Waals surface area contributed by atoms with Crippen LogP contribution in [0.25, 0.3) is 0 Å². The van der Waals surface area contributed by atoms with Gasteiger partial charge in [-0.3, -0.25) is 9.78 Å². The number of hydrazone groups is 1. The van der Waals surface area contributed by atoms with E-state index in [1.807, 2.05) is 6.92 Å². The van der Waals surface area contributed by atoms with Crippen molar-refractivity contribution in [3.63, 3.8) is 0 Å². The van der Waals surface area contributed by atoms with Gasteiger partial charge < -0.3 is 10.2 Å². The van der Waals surface area contributed by atoms with Gasteiger partial charge in [0.1, 0.15) is 16.0 Å². The minimum absolute atomic E-state index is 0.121.